The van der Waals surface area contributed by atoms with Crippen molar-refractivity contribution in [2.45, 2.75) is 0 Å². The molecule has 3 N–H and O–H groups in total. The van der Waals surface area contributed by atoms with Crippen molar-refractivity contribution in [2.75, 3.05) is 13.1 Å². The minimum absolute atomic E-state index is 0. The van der Waals surface area contributed by atoms with Crippen LogP contribution in [0.25, 0.3) is 0 Å². The molecule has 0 saturated heterocycles. The van der Waals surface area contributed by atoms with Crippen LogP contribution >= 0.6 is 35.3 Å². The largest absolute Gasteiger partial charge is 0.349 e. The highest BCUT2D eigenvalue weighted by atomic mass is 35.5. The number of hydrogen-bond acceptors (Lipinski definition) is 4. The molecule has 1 aromatic heterocycles. The summed E-state index contributed by atoms with van der Waals surface area (Å²) in [5.74, 6) is -0.233. The van der Waals surface area contributed by atoms with E-state index in [1.165, 1.54) is 11.3 Å². The van der Waals surface area contributed by atoms with E-state index < -0.39 is 0 Å². The molecule has 7 heteroatoms. The van der Waals surface area contributed by atoms with Crippen LogP contribution in [0.3, 0.4) is 0 Å². The number of hydrogen-bond donors (Lipinski definition) is 2. The van der Waals surface area contributed by atoms with Gasteiger partial charge in [0, 0.05) is 18.5 Å². The van der Waals surface area contributed by atoms with Crippen molar-refractivity contribution in [1.82, 2.24) is 10.3 Å². The molecular formula is C6H9Cl2N3OS. The molecule has 0 aromatic carbocycles. The third kappa shape index (κ3) is 3.91. The van der Waals surface area contributed by atoms with E-state index in [2.05, 4.69) is 10.3 Å². The minimum atomic E-state index is -0.233. The highest BCUT2D eigenvalue weighted by molar-refractivity contribution is 7.14. The Hall–Kier alpha value is -0.360. The van der Waals surface area contributed by atoms with E-state index in [0.29, 0.717) is 23.3 Å². The van der Waals surface area contributed by atoms with Gasteiger partial charge in [-0.25, -0.2) is 4.98 Å². The number of halogens is 2. The standard InChI is InChI=1S/C6H8ClN3OS.ClH/c7-6-10-4(3-12-6)5(11)9-2-1-8;/h3H,1-2,8H2,(H,9,11);1H. The molecule has 1 heterocycles. The highest BCUT2D eigenvalue weighted by Gasteiger charge is 2.07. The Labute approximate surface area is 90.9 Å². The van der Waals surface area contributed by atoms with Crippen molar-refractivity contribution in [1.29, 1.82) is 0 Å². The number of carbonyl (C=O) groups is 1. The minimum Gasteiger partial charge on any atom is -0.349 e. The lowest BCUT2D eigenvalue weighted by atomic mass is 10.4. The van der Waals surface area contributed by atoms with Crippen molar-refractivity contribution in [3.8, 4) is 0 Å². The molecule has 4 nitrogen and oxygen atoms in total. The van der Waals surface area contributed by atoms with E-state index in [0.717, 1.165) is 0 Å². The molecule has 1 rings (SSSR count). The van der Waals surface area contributed by atoms with Gasteiger partial charge in [-0.05, 0) is 0 Å². The summed E-state index contributed by atoms with van der Waals surface area (Å²) in [6, 6.07) is 0. The lowest BCUT2D eigenvalue weighted by Gasteiger charge is -1.98. The molecule has 0 aliphatic heterocycles. The molecular weight excluding hydrogens is 233 g/mol. The first-order valence-electron chi connectivity index (χ1n) is 3.33. The number of nitrogens with one attached hydrogen (secondary N) is 1. The van der Waals surface area contributed by atoms with Gasteiger partial charge in [-0.15, -0.1) is 23.7 Å². The third-order valence-electron chi connectivity index (χ3n) is 1.14. The van der Waals surface area contributed by atoms with Crippen molar-refractivity contribution in [2.24, 2.45) is 5.73 Å². The average Bonchev–Trinajstić information content (AvgIpc) is 2.47. The van der Waals surface area contributed by atoms with Gasteiger partial charge in [-0.2, -0.15) is 0 Å². The van der Waals surface area contributed by atoms with Gasteiger partial charge in [0.15, 0.2) is 4.47 Å². The zero-order chi connectivity index (χ0) is 8.97. The van der Waals surface area contributed by atoms with E-state index >= 15 is 0 Å². The number of aromatic nitrogens is 1. The van der Waals surface area contributed by atoms with Gasteiger partial charge < -0.3 is 11.1 Å². The van der Waals surface area contributed by atoms with E-state index in [1.54, 1.807) is 5.38 Å². The zero-order valence-corrected chi connectivity index (χ0v) is 9.01. The summed E-state index contributed by atoms with van der Waals surface area (Å²) in [5.41, 5.74) is 5.55. The summed E-state index contributed by atoms with van der Waals surface area (Å²) in [6.45, 7) is 0.873. The second kappa shape index (κ2) is 6.15. The molecule has 0 bridgehead atoms. The lowest BCUT2D eigenvalue weighted by Crippen LogP contribution is -2.29. The van der Waals surface area contributed by atoms with Gasteiger partial charge >= 0.3 is 0 Å². The van der Waals surface area contributed by atoms with Crippen LogP contribution in [-0.2, 0) is 0 Å². The van der Waals surface area contributed by atoms with Gasteiger partial charge in [0.05, 0.1) is 0 Å². The molecule has 1 amide bonds. The van der Waals surface area contributed by atoms with Gasteiger partial charge in [-0.3, -0.25) is 4.79 Å². The Morgan fingerprint density at radius 3 is 2.92 bits per heavy atom. The summed E-state index contributed by atoms with van der Waals surface area (Å²) in [5, 5.41) is 4.19. The maximum atomic E-state index is 11.1. The van der Waals surface area contributed by atoms with Gasteiger partial charge in [0.25, 0.3) is 5.91 Å². The number of carbonyl (C=O) groups excluding carboxylic acids is 1. The average molecular weight is 242 g/mol. The second-order valence-electron chi connectivity index (χ2n) is 2.03. The molecule has 74 valence electrons. The highest BCUT2D eigenvalue weighted by Crippen LogP contribution is 2.14. The summed E-state index contributed by atoms with van der Waals surface area (Å²) >= 11 is 6.77. The molecule has 13 heavy (non-hydrogen) atoms. The second-order valence-corrected chi connectivity index (χ2v) is 3.47. The molecule has 0 aliphatic carbocycles. The first kappa shape index (κ1) is 12.6. The van der Waals surface area contributed by atoms with Crippen molar-refractivity contribution in [3.63, 3.8) is 0 Å². The quantitative estimate of drug-likeness (QED) is 0.827. The fraction of sp³-hybridized carbons (Fsp3) is 0.333. The predicted octanol–water partition coefficient (Wildman–Crippen LogP) is 0.907. The van der Waals surface area contributed by atoms with Crippen LogP contribution in [0.2, 0.25) is 4.47 Å². The number of nitrogens with two attached hydrogens (primary N) is 1. The molecule has 0 aliphatic rings. The normalized spacial score (nSPS) is 9.08. The Morgan fingerprint density at radius 1 is 1.77 bits per heavy atom. The molecule has 0 saturated carbocycles. The number of nitrogens with zero attached hydrogens (tertiary/aromatic N) is 1. The summed E-state index contributed by atoms with van der Waals surface area (Å²) in [6.07, 6.45) is 0. The fourth-order valence-corrected chi connectivity index (χ4v) is 1.38. The number of thiazole rings is 1. The summed E-state index contributed by atoms with van der Waals surface area (Å²) in [4.78, 5) is 14.9. The molecule has 1 aromatic rings. The molecule has 0 unspecified atom stereocenters. The van der Waals surface area contributed by atoms with Gasteiger partial charge in [0.1, 0.15) is 5.69 Å². The molecule has 0 atom stereocenters. The topological polar surface area (TPSA) is 68.0 Å². The summed E-state index contributed by atoms with van der Waals surface area (Å²) < 4.78 is 0.368. The molecule has 0 fully saturated rings. The van der Waals surface area contributed by atoms with Crippen LogP contribution in [-0.4, -0.2) is 24.0 Å². The van der Waals surface area contributed by atoms with Crippen LogP contribution < -0.4 is 11.1 Å². The van der Waals surface area contributed by atoms with E-state index in [1.807, 2.05) is 0 Å². The zero-order valence-electron chi connectivity index (χ0n) is 6.62. The Balaban J connectivity index is 0.00000144. The summed E-state index contributed by atoms with van der Waals surface area (Å²) in [7, 11) is 0. The van der Waals surface area contributed by atoms with Crippen LogP contribution in [0.5, 0.6) is 0 Å². The van der Waals surface area contributed by atoms with Gasteiger partial charge in [0.2, 0.25) is 0 Å². The first-order chi connectivity index (χ1) is 5.74. The Morgan fingerprint density at radius 2 is 2.46 bits per heavy atom. The van der Waals surface area contributed by atoms with Crippen LogP contribution in [0.15, 0.2) is 5.38 Å². The molecule has 0 spiro atoms. The maximum Gasteiger partial charge on any atom is 0.270 e. The number of amides is 1. The molecule has 0 radical (unpaired) electrons. The van der Waals surface area contributed by atoms with Crippen LogP contribution in [0.4, 0.5) is 0 Å². The first-order valence-corrected chi connectivity index (χ1v) is 4.59. The number of rotatable bonds is 3. The smallest absolute Gasteiger partial charge is 0.270 e. The fourth-order valence-electron chi connectivity index (χ4n) is 0.632. The Bertz CT molecular complexity index is 279. The van der Waals surface area contributed by atoms with Crippen LogP contribution in [0, 0.1) is 0 Å². The van der Waals surface area contributed by atoms with E-state index in [4.69, 9.17) is 17.3 Å². The van der Waals surface area contributed by atoms with Crippen molar-refractivity contribution in [3.05, 3.63) is 15.5 Å². The monoisotopic (exact) mass is 241 g/mol. The maximum absolute atomic E-state index is 11.1. The Kier molecular flexibility index (Phi) is 5.98. The lowest BCUT2D eigenvalue weighted by molar-refractivity contribution is 0.0950. The van der Waals surface area contributed by atoms with Crippen molar-refractivity contribution < 1.29 is 4.79 Å². The van der Waals surface area contributed by atoms with Gasteiger partial charge in [-0.1, -0.05) is 11.6 Å². The van der Waals surface area contributed by atoms with E-state index in [9.17, 15) is 4.79 Å². The predicted molar refractivity (Wildman–Crippen MR) is 55.8 cm³/mol. The third-order valence-corrected chi connectivity index (χ3v) is 2.12. The van der Waals surface area contributed by atoms with E-state index in [-0.39, 0.29) is 18.3 Å². The SMILES string of the molecule is Cl.NCCNC(=O)c1csc(Cl)n1. The van der Waals surface area contributed by atoms with Crippen LogP contribution in [0.1, 0.15) is 10.5 Å². The van der Waals surface area contributed by atoms with Crippen molar-refractivity contribution >= 4 is 41.3 Å².